The first-order valence-corrected chi connectivity index (χ1v) is 23.1. The van der Waals surface area contributed by atoms with Crippen molar-refractivity contribution in [2.75, 3.05) is 20.8 Å². The smallest absolute Gasteiger partial charge is 0.316 e. The van der Waals surface area contributed by atoms with Crippen LogP contribution in [-0.2, 0) is 57.0 Å². The van der Waals surface area contributed by atoms with Crippen molar-refractivity contribution in [3.8, 4) is 0 Å². The molecule has 358 valence electrons. The van der Waals surface area contributed by atoms with E-state index in [4.69, 9.17) is 51.5 Å². The van der Waals surface area contributed by atoms with Crippen LogP contribution in [0.4, 0.5) is 0 Å². The van der Waals surface area contributed by atoms with Crippen molar-refractivity contribution in [3.63, 3.8) is 0 Å². The fraction of sp³-hybridized carbons (Fsp3) is 0.755. The zero-order chi connectivity index (χ0) is 48.7. The van der Waals surface area contributed by atoms with Crippen LogP contribution in [0.2, 0.25) is 0 Å². The van der Waals surface area contributed by atoms with Crippen molar-refractivity contribution in [1.82, 2.24) is 5.32 Å². The molecule has 0 unspecified atom stereocenters. The molecule has 0 saturated carbocycles. The molecule has 64 heavy (non-hydrogen) atoms. The molecule has 0 aromatic carbocycles. The number of nitrogens with one attached hydrogen (secondary N) is 1. The van der Waals surface area contributed by atoms with Crippen molar-refractivity contribution in [2.24, 2.45) is 23.7 Å². The van der Waals surface area contributed by atoms with Crippen LogP contribution < -0.4 is 5.32 Å². The predicted octanol–water partition coefficient (Wildman–Crippen LogP) is 5.13. The lowest BCUT2D eigenvalue weighted by Gasteiger charge is -2.48. The molecule has 6 aliphatic heterocycles. The number of esters is 1. The number of fused-ring (bicyclic) bond motifs is 2. The second kappa shape index (κ2) is 20.2. The van der Waals surface area contributed by atoms with Gasteiger partial charge in [0.05, 0.1) is 55.4 Å². The number of allylic oxidation sites excluding steroid dienone is 2. The number of carbonyl (C=O) groups is 2. The van der Waals surface area contributed by atoms with Gasteiger partial charge < -0.3 is 62.9 Å². The Morgan fingerprint density at radius 2 is 1.66 bits per heavy atom. The van der Waals surface area contributed by atoms with Crippen molar-refractivity contribution in [2.45, 2.75) is 191 Å². The van der Waals surface area contributed by atoms with Crippen LogP contribution in [0.5, 0.6) is 0 Å². The molecule has 0 aromatic heterocycles. The van der Waals surface area contributed by atoms with Gasteiger partial charge in [-0.05, 0) is 62.8 Å². The first-order chi connectivity index (χ1) is 31.6. The lowest BCUT2D eigenvalue weighted by molar-refractivity contribution is -0.311. The summed E-state index contributed by atoms with van der Waals surface area (Å²) in [4.78, 5) is 26.7. The lowest BCUT2D eigenvalue weighted by Crippen LogP contribution is -2.58. The Labute approximate surface area is 383 Å². The van der Waals surface area contributed by atoms with Crippen LogP contribution in [-0.4, -0.2) is 140 Å². The Kier molecular flexibility index (Phi) is 14.2. The summed E-state index contributed by atoms with van der Waals surface area (Å²) in [5.41, 5.74) is 0.0138. The Hall–Kier alpha value is -2.80. The highest BCUT2D eigenvalue weighted by Crippen LogP contribution is 2.47. The molecular weight excluding hydrogens is 828 g/mol. The average Bonchev–Trinajstić information content (AvgIpc) is 3.61. The number of methoxy groups -OCH3 is 2. The molecule has 0 radical (unpaired) electrons. The topological polar surface area (TPSA) is 179 Å². The van der Waals surface area contributed by atoms with Crippen LogP contribution in [0.3, 0.4) is 0 Å². The third-order valence-corrected chi connectivity index (χ3v) is 14.3. The second-order valence-electron chi connectivity index (χ2n) is 19.3. The molecule has 3 N–H and O–H groups in total. The molecule has 1 amide bonds. The number of aliphatic hydroxyl groups is 2. The SMILES string of the molecule is [2H][13C]([2H])([2H])C(=O)N[C@@H]1[C@H](C)O[C@@H](O[C@H]2[C@H](C)O[C@@H](O[C@@H]3/C(C)=C/C[C@@H]4C[C@@H](C[C@]5(C=C[C@H](C)[C@@H](C(C)C)O5)O4)OC(=O)[C@@H]4C=C(C)[C@@H](O)[C@H]5OCC(=C/C=C/[C@@H]3C)[C@]54O)C[C@@H]2OC)C[C@@H]1OC. The summed E-state index contributed by atoms with van der Waals surface area (Å²) in [7, 11) is 3.09. The Bertz CT molecular complexity index is 1940. The Morgan fingerprint density at radius 3 is 2.38 bits per heavy atom. The van der Waals surface area contributed by atoms with E-state index in [1.807, 2.05) is 39.0 Å². The Balaban J connectivity index is 1.14. The van der Waals surface area contributed by atoms with Crippen molar-refractivity contribution in [3.05, 3.63) is 59.3 Å². The number of ether oxygens (including phenoxy) is 10. The highest BCUT2D eigenvalue weighted by molar-refractivity contribution is 5.78. The molecule has 4 saturated heterocycles. The van der Waals surface area contributed by atoms with E-state index in [-0.39, 0.29) is 43.3 Å². The van der Waals surface area contributed by atoms with E-state index in [1.54, 1.807) is 33.1 Å². The second-order valence-corrected chi connectivity index (χ2v) is 19.3. The first-order valence-electron chi connectivity index (χ1n) is 24.6. The maximum Gasteiger partial charge on any atom is 0.316 e. The number of rotatable bonds is 8. The quantitative estimate of drug-likeness (QED) is 0.166. The van der Waals surface area contributed by atoms with E-state index < -0.39 is 116 Å². The zero-order valence-electron chi connectivity index (χ0n) is 42.0. The lowest BCUT2D eigenvalue weighted by atomic mass is 9.71. The van der Waals surface area contributed by atoms with Gasteiger partial charge in [0, 0.05) is 62.7 Å². The summed E-state index contributed by atoms with van der Waals surface area (Å²) >= 11 is 0. The van der Waals surface area contributed by atoms with Crippen molar-refractivity contribution < 1.29 is 71.3 Å². The van der Waals surface area contributed by atoms with Crippen molar-refractivity contribution >= 4 is 11.9 Å². The summed E-state index contributed by atoms with van der Waals surface area (Å²) in [5, 5.41) is 26.3. The summed E-state index contributed by atoms with van der Waals surface area (Å²) < 4.78 is 86.4. The molecule has 4 fully saturated rings. The maximum atomic E-state index is 14.3. The largest absolute Gasteiger partial charge is 0.462 e. The fourth-order valence-corrected chi connectivity index (χ4v) is 10.8. The minimum atomic E-state index is -2.82. The molecule has 7 aliphatic rings. The molecule has 15 nitrogen and oxygen atoms in total. The van der Waals surface area contributed by atoms with E-state index in [1.165, 1.54) is 7.11 Å². The minimum Gasteiger partial charge on any atom is -0.462 e. The monoisotopic (exact) mass is 904 g/mol. The van der Waals surface area contributed by atoms with Crippen LogP contribution in [0.15, 0.2) is 59.3 Å². The van der Waals surface area contributed by atoms with Gasteiger partial charge in [-0.1, -0.05) is 64.2 Å². The number of carbonyl (C=O) groups excluding carboxylic acids is 2. The van der Waals surface area contributed by atoms with Crippen molar-refractivity contribution in [1.29, 1.82) is 0 Å². The molecule has 15 heteroatoms. The van der Waals surface area contributed by atoms with Gasteiger partial charge >= 0.3 is 5.97 Å². The fourth-order valence-electron chi connectivity index (χ4n) is 10.8. The molecule has 1 aliphatic carbocycles. The Morgan fingerprint density at radius 1 is 0.938 bits per heavy atom. The standard InChI is InChI=1S/C49H73NO14/c1-25(2)43-28(5)17-18-48(64-43)23-35-20-34(63-48)16-15-27(4)44(26(3)13-12-14-33-24-57-46-42(52)29(6)19-36(47(53)60-35)49(33,46)54)61-40-22-38(56-11)45(31(8)59-40)62-39-21-37(55-10)41(30(7)58-39)50-32(9)51/h12-15,17-19,25-26,28,30-31,34-46,52,54H,16,20-24H2,1-11H3,(H,50,51)/b13-12+,27-15+,33-14?/t26-,28-,30-,31-,34+,35-,36-,37-,38-,39-,40-,41+,42+,43+,44-,45-,46+,48+,49+/m0/s1/i9+1D3. The van der Waals surface area contributed by atoms with Crippen LogP contribution in [0.25, 0.3) is 0 Å². The van der Waals surface area contributed by atoms with E-state index in [9.17, 15) is 19.8 Å². The molecule has 6 heterocycles. The first kappa shape index (κ1) is 45.0. The van der Waals surface area contributed by atoms with E-state index in [2.05, 4.69) is 38.2 Å². The van der Waals surface area contributed by atoms with E-state index in [0.717, 1.165) is 5.57 Å². The van der Waals surface area contributed by atoms with Crippen LogP contribution >= 0.6 is 0 Å². The summed E-state index contributed by atoms with van der Waals surface area (Å²) in [6, 6.07) is -0.707. The highest BCUT2D eigenvalue weighted by atomic mass is 16.7. The van der Waals surface area contributed by atoms with Gasteiger partial charge in [-0.2, -0.15) is 0 Å². The van der Waals surface area contributed by atoms with Gasteiger partial charge in [-0.15, -0.1) is 0 Å². The predicted molar refractivity (Wildman–Crippen MR) is 234 cm³/mol. The van der Waals surface area contributed by atoms with Gasteiger partial charge in [-0.3, -0.25) is 9.59 Å². The van der Waals surface area contributed by atoms with Gasteiger partial charge in [-0.25, -0.2) is 0 Å². The van der Waals surface area contributed by atoms with Crippen LogP contribution in [0.1, 0.15) is 98.5 Å². The van der Waals surface area contributed by atoms with E-state index in [0.29, 0.717) is 30.4 Å². The number of aliphatic hydroxyl groups excluding tert-OH is 1. The molecule has 7 rings (SSSR count). The zero-order valence-corrected chi connectivity index (χ0v) is 39.0. The average molecular weight is 904 g/mol. The van der Waals surface area contributed by atoms with Gasteiger partial charge in [0.25, 0.3) is 0 Å². The van der Waals surface area contributed by atoms with E-state index >= 15 is 0 Å². The summed E-state index contributed by atoms with van der Waals surface area (Å²) in [6.07, 6.45) is 6.78. The third-order valence-electron chi connectivity index (χ3n) is 14.3. The molecule has 2 bridgehead atoms. The summed E-state index contributed by atoms with van der Waals surface area (Å²) in [5.74, 6) is -3.87. The number of hydrogen-bond donors (Lipinski definition) is 3. The van der Waals surface area contributed by atoms with Gasteiger partial charge in [0.2, 0.25) is 5.91 Å². The molecule has 0 aromatic rings. The molecule has 19 atom stereocenters. The normalized spacial score (nSPS) is 47.5. The molecular formula is C49H73NO14. The van der Waals surface area contributed by atoms with Crippen LogP contribution in [0, 0.1) is 23.7 Å². The maximum absolute atomic E-state index is 14.3. The third kappa shape index (κ3) is 10.2. The van der Waals surface area contributed by atoms with Gasteiger partial charge in [0.15, 0.2) is 18.4 Å². The van der Waals surface area contributed by atoms with Gasteiger partial charge in [0.1, 0.15) is 35.9 Å². The highest BCUT2D eigenvalue weighted by Gasteiger charge is 2.60. The number of hydrogen-bond acceptors (Lipinski definition) is 14. The summed E-state index contributed by atoms with van der Waals surface area (Å²) in [6.45, 7) is 12.9. The molecule has 1 spiro atoms. The minimum absolute atomic E-state index is 0.00469. The number of amides is 1.